The smallest absolute Gasteiger partial charge is 0.130 e. The highest BCUT2D eigenvalue weighted by Crippen LogP contribution is 2.30. The summed E-state index contributed by atoms with van der Waals surface area (Å²) in [6.45, 7) is 9.06. The highest BCUT2D eigenvalue weighted by Gasteiger charge is 2.08. The first-order chi connectivity index (χ1) is 9.51. The van der Waals surface area contributed by atoms with E-state index in [9.17, 15) is 0 Å². The summed E-state index contributed by atoms with van der Waals surface area (Å²) in [6.07, 6.45) is 0. The number of rotatable bonds is 4. The second-order valence-electron chi connectivity index (χ2n) is 5.59. The van der Waals surface area contributed by atoms with Gasteiger partial charge in [-0.25, -0.2) is 0 Å². The molecule has 2 nitrogen and oxygen atoms in total. The second-order valence-corrected chi connectivity index (χ2v) is 5.59. The summed E-state index contributed by atoms with van der Waals surface area (Å²) in [6, 6.07) is 12.5. The van der Waals surface area contributed by atoms with Crippen LogP contribution in [0.25, 0.3) is 0 Å². The molecule has 2 rings (SSSR count). The van der Waals surface area contributed by atoms with Crippen LogP contribution >= 0.6 is 0 Å². The molecule has 2 N–H and O–H groups in total. The molecule has 2 aromatic carbocycles. The van der Waals surface area contributed by atoms with Crippen molar-refractivity contribution < 1.29 is 4.74 Å². The van der Waals surface area contributed by atoms with Gasteiger partial charge in [0.15, 0.2) is 0 Å². The Kier molecular flexibility index (Phi) is 4.46. The lowest BCUT2D eigenvalue weighted by Crippen LogP contribution is -1.98. The molecule has 0 atom stereocenters. The second kappa shape index (κ2) is 6.10. The Hall–Kier alpha value is -1.80. The van der Waals surface area contributed by atoms with Crippen molar-refractivity contribution in [3.63, 3.8) is 0 Å². The molecular weight excluding hydrogens is 246 g/mol. The number of hydrogen-bond acceptors (Lipinski definition) is 2. The van der Waals surface area contributed by atoms with Crippen LogP contribution in [0.15, 0.2) is 36.4 Å². The number of nitrogens with two attached hydrogens (primary N) is 1. The van der Waals surface area contributed by atoms with E-state index in [2.05, 4.69) is 52.0 Å². The van der Waals surface area contributed by atoms with Crippen LogP contribution in [0.3, 0.4) is 0 Å². The Morgan fingerprint density at radius 3 is 2.30 bits per heavy atom. The number of aryl methyl sites for hydroxylation is 2. The quantitative estimate of drug-likeness (QED) is 0.874. The molecule has 106 valence electrons. The van der Waals surface area contributed by atoms with Gasteiger partial charge in [0.2, 0.25) is 0 Å². The van der Waals surface area contributed by atoms with Crippen molar-refractivity contribution in [1.29, 1.82) is 0 Å². The van der Waals surface area contributed by atoms with Crippen molar-refractivity contribution in [3.05, 3.63) is 58.7 Å². The minimum Gasteiger partial charge on any atom is -0.457 e. The molecular formula is C18H23NO. The van der Waals surface area contributed by atoms with Crippen LogP contribution in [0, 0.1) is 13.8 Å². The molecule has 0 unspecified atom stereocenters. The molecule has 0 radical (unpaired) electrons. The van der Waals surface area contributed by atoms with Crippen LogP contribution in [-0.2, 0) is 6.54 Å². The monoisotopic (exact) mass is 269 g/mol. The molecule has 2 aromatic rings. The van der Waals surface area contributed by atoms with Gasteiger partial charge in [0.05, 0.1) is 0 Å². The third kappa shape index (κ3) is 3.20. The van der Waals surface area contributed by atoms with Crippen LogP contribution in [0.2, 0.25) is 0 Å². The first-order valence-corrected chi connectivity index (χ1v) is 7.09. The largest absolute Gasteiger partial charge is 0.457 e. The first-order valence-electron chi connectivity index (χ1n) is 7.09. The predicted octanol–water partition coefficient (Wildman–Crippen LogP) is 4.68. The Bertz CT molecular complexity index is 602. The van der Waals surface area contributed by atoms with Gasteiger partial charge in [-0.15, -0.1) is 0 Å². The lowest BCUT2D eigenvalue weighted by atomic mass is 10.0. The maximum atomic E-state index is 6.09. The van der Waals surface area contributed by atoms with Gasteiger partial charge in [-0.2, -0.15) is 0 Å². The van der Waals surface area contributed by atoms with Gasteiger partial charge in [0.25, 0.3) is 0 Å². The van der Waals surface area contributed by atoms with Crippen molar-refractivity contribution in [2.75, 3.05) is 0 Å². The SMILES string of the molecule is Cc1cc(CN)ccc1Oc1cc(C(C)C)ccc1C. The maximum absolute atomic E-state index is 6.09. The molecule has 0 aromatic heterocycles. The summed E-state index contributed by atoms with van der Waals surface area (Å²) >= 11 is 0. The van der Waals surface area contributed by atoms with Gasteiger partial charge in [-0.1, -0.05) is 38.1 Å². The van der Waals surface area contributed by atoms with Gasteiger partial charge < -0.3 is 10.5 Å². The molecule has 20 heavy (non-hydrogen) atoms. The maximum Gasteiger partial charge on any atom is 0.130 e. The van der Waals surface area contributed by atoms with Gasteiger partial charge in [0.1, 0.15) is 11.5 Å². The molecule has 0 heterocycles. The molecule has 0 amide bonds. The molecule has 0 bridgehead atoms. The van der Waals surface area contributed by atoms with Crippen molar-refractivity contribution in [3.8, 4) is 11.5 Å². The molecule has 0 saturated carbocycles. The van der Waals surface area contributed by atoms with E-state index in [-0.39, 0.29) is 0 Å². The van der Waals surface area contributed by atoms with E-state index >= 15 is 0 Å². The third-order valence-electron chi connectivity index (χ3n) is 3.57. The fourth-order valence-electron chi connectivity index (χ4n) is 2.16. The Morgan fingerprint density at radius 2 is 1.70 bits per heavy atom. The first kappa shape index (κ1) is 14.6. The summed E-state index contributed by atoms with van der Waals surface area (Å²) in [4.78, 5) is 0. The average Bonchev–Trinajstić information content (AvgIpc) is 2.42. The van der Waals surface area contributed by atoms with Crippen LogP contribution in [0.4, 0.5) is 0 Å². The lowest BCUT2D eigenvalue weighted by molar-refractivity contribution is 0.474. The van der Waals surface area contributed by atoms with E-state index in [1.54, 1.807) is 0 Å². The van der Waals surface area contributed by atoms with Crippen molar-refractivity contribution >= 4 is 0 Å². The number of hydrogen-bond donors (Lipinski definition) is 1. The zero-order chi connectivity index (χ0) is 14.7. The summed E-state index contributed by atoms with van der Waals surface area (Å²) in [5.74, 6) is 2.32. The minimum absolute atomic E-state index is 0.499. The molecule has 0 saturated heterocycles. The molecule has 0 fully saturated rings. The van der Waals surface area contributed by atoms with Gasteiger partial charge in [-0.3, -0.25) is 0 Å². The fraction of sp³-hybridized carbons (Fsp3) is 0.333. The lowest BCUT2D eigenvalue weighted by Gasteiger charge is -2.14. The molecule has 0 aliphatic heterocycles. The van der Waals surface area contributed by atoms with Crippen LogP contribution < -0.4 is 10.5 Å². The summed E-state index contributed by atoms with van der Waals surface area (Å²) in [5, 5.41) is 0. The average molecular weight is 269 g/mol. The van der Waals surface area contributed by atoms with Gasteiger partial charge in [0, 0.05) is 6.54 Å². The van der Waals surface area contributed by atoms with Crippen LogP contribution in [0.1, 0.15) is 42.0 Å². The highest BCUT2D eigenvalue weighted by atomic mass is 16.5. The normalized spacial score (nSPS) is 10.9. The van der Waals surface area contributed by atoms with E-state index in [0.29, 0.717) is 12.5 Å². The van der Waals surface area contributed by atoms with Crippen molar-refractivity contribution in [1.82, 2.24) is 0 Å². The third-order valence-corrected chi connectivity index (χ3v) is 3.57. The predicted molar refractivity (Wildman–Crippen MR) is 84.4 cm³/mol. The number of benzene rings is 2. The minimum atomic E-state index is 0.499. The van der Waals surface area contributed by atoms with Crippen molar-refractivity contribution in [2.45, 2.75) is 40.2 Å². The molecule has 0 aliphatic rings. The fourth-order valence-corrected chi connectivity index (χ4v) is 2.16. The van der Waals surface area contributed by atoms with E-state index < -0.39 is 0 Å². The van der Waals surface area contributed by atoms with Gasteiger partial charge >= 0.3 is 0 Å². The van der Waals surface area contributed by atoms with E-state index in [0.717, 1.165) is 28.2 Å². The Morgan fingerprint density at radius 1 is 0.950 bits per heavy atom. The standard InChI is InChI=1S/C18H23NO/c1-12(2)16-7-5-13(3)18(10-16)20-17-8-6-15(11-19)9-14(17)4/h5-10,12H,11,19H2,1-4H3. The molecule has 2 heteroatoms. The molecule has 0 spiro atoms. The Balaban J connectivity index is 2.32. The summed E-state index contributed by atoms with van der Waals surface area (Å²) in [7, 11) is 0. The Labute approximate surface area is 121 Å². The van der Waals surface area contributed by atoms with E-state index in [1.807, 2.05) is 12.1 Å². The van der Waals surface area contributed by atoms with Crippen LogP contribution in [-0.4, -0.2) is 0 Å². The zero-order valence-electron chi connectivity index (χ0n) is 12.7. The van der Waals surface area contributed by atoms with E-state index in [1.165, 1.54) is 5.56 Å². The highest BCUT2D eigenvalue weighted by molar-refractivity contribution is 5.44. The number of ether oxygens (including phenoxy) is 1. The summed E-state index contributed by atoms with van der Waals surface area (Å²) in [5.41, 5.74) is 10.3. The molecule has 0 aliphatic carbocycles. The van der Waals surface area contributed by atoms with Crippen LogP contribution in [0.5, 0.6) is 11.5 Å². The van der Waals surface area contributed by atoms with Crippen molar-refractivity contribution in [2.24, 2.45) is 5.73 Å². The van der Waals surface area contributed by atoms with E-state index in [4.69, 9.17) is 10.5 Å². The summed E-state index contributed by atoms with van der Waals surface area (Å²) < 4.78 is 6.09. The van der Waals surface area contributed by atoms with Gasteiger partial charge in [-0.05, 0) is 54.2 Å². The topological polar surface area (TPSA) is 35.2 Å². The zero-order valence-corrected chi connectivity index (χ0v) is 12.7.